The molecule has 1 N–H and O–H groups in total. The minimum absolute atomic E-state index is 0.253. The summed E-state index contributed by atoms with van der Waals surface area (Å²) in [5.74, 6) is -1.44. The number of aliphatic hydroxyl groups excluding tert-OH is 1. The lowest BCUT2D eigenvalue weighted by atomic mass is 10.1. The average Bonchev–Trinajstić information content (AvgIpc) is 2.35. The molecule has 0 bridgehead atoms. The zero-order valence-electron chi connectivity index (χ0n) is 9.92. The number of carbonyl (C=O) groups is 2. The normalized spacial score (nSPS) is 13.8. The molecule has 1 aromatic rings. The molecule has 0 aliphatic heterocycles. The Morgan fingerprint density at radius 1 is 1.24 bits per heavy atom. The van der Waals surface area contributed by atoms with Gasteiger partial charge in [0.2, 0.25) is 0 Å². The first-order valence-corrected chi connectivity index (χ1v) is 5.45. The highest BCUT2D eigenvalue weighted by atomic mass is 16.5. The Labute approximate surface area is 100 Å². The summed E-state index contributed by atoms with van der Waals surface area (Å²) in [5, 5.41) is 9.19. The zero-order chi connectivity index (χ0) is 12.8. The third kappa shape index (κ3) is 4.00. The number of rotatable bonds is 5. The number of hydrogen-bond donors (Lipinski definition) is 1. The summed E-state index contributed by atoms with van der Waals surface area (Å²) in [6, 6.07) is 8.61. The van der Waals surface area contributed by atoms with Crippen molar-refractivity contribution in [3.63, 3.8) is 0 Å². The first kappa shape index (κ1) is 13.4. The highest BCUT2D eigenvalue weighted by Gasteiger charge is 2.20. The average molecular weight is 236 g/mol. The van der Waals surface area contributed by atoms with Gasteiger partial charge in [0, 0.05) is 5.56 Å². The van der Waals surface area contributed by atoms with Gasteiger partial charge in [0.05, 0.1) is 12.0 Å². The van der Waals surface area contributed by atoms with E-state index >= 15 is 0 Å². The molecule has 0 unspecified atom stereocenters. The zero-order valence-corrected chi connectivity index (χ0v) is 9.92. The van der Waals surface area contributed by atoms with E-state index in [0.717, 1.165) is 0 Å². The molecule has 17 heavy (non-hydrogen) atoms. The molecule has 0 radical (unpaired) electrons. The highest BCUT2D eigenvalue weighted by molar-refractivity contribution is 5.97. The van der Waals surface area contributed by atoms with Crippen molar-refractivity contribution in [2.75, 3.05) is 6.61 Å². The van der Waals surface area contributed by atoms with Gasteiger partial charge >= 0.3 is 5.97 Å². The Balaban J connectivity index is 2.47. The smallest absolute Gasteiger partial charge is 0.311 e. The number of Topliss-reactive ketones (excluding diaryl/α,β-unsaturated/α-hetero) is 1. The maximum Gasteiger partial charge on any atom is 0.311 e. The van der Waals surface area contributed by atoms with Crippen molar-refractivity contribution in [3.05, 3.63) is 35.9 Å². The largest absolute Gasteiger partial charge is 0.457 e. The SMILES string of the molecule is C[C@H](O)[C@H](C)C(=O)OCC(=O)c1ccccc1. The lowest BCUT2D eigenvalue weighted by Gasteiger charge is -2.13. The molecular formula is C13H16O4. The van der Waals surface area contributed by atoms with Gasteiger partial charge in [0.15, 0.2) is 12.4 Å². The molecule has 0 fully saturated rings. The summed E-state index contributed by atoms with van der Waals surface area (Å²) in [6.45, 7) is 2.77. The molecule has 4 nitrogen and oxygen atoms in total. The number of ketones is 1. The third-order valence-corrected chi connectivity index (χ3v) is 2.54. The highest BCUT2D eigenvalue weighted by Crippen LogP contribution is 2.06. The van der Waals surface area contributed by atoms with E-state index in [1.807, 2.05) is 0 Å². The fraction of sp³-hybridized carbons (Fsp3) is 0.385. The van der Waals surface area contributed by atoms with Gasteiger partial charge in [0.1, 0.15) is 0 Å². The van der Waals surface area contributed by atoms with Crippen LogP contribution in [-0.4, -0.2) is 29.6 Å². The van der Waals surface area contributed by atoms with E-state index in [-0.39, 0.29) is 12.4 Å². The molecule has 0 aliphatic carbocycles. The Morgan fingerprint density at radius 3 is 2.35 bits per heavy atom. The van der Waals surface area contributed by atoms with Crippen LogP contribution in [0.5, 0.6) is 0 Å². The Morgan fingerprint density at radius 2 is 1.82 bits per heavy atom. The molecule has 0 aliphatic rings. The maximum absolute atomic E-state index is 11.6. The quantitative estimate of drug-likeness (QED) is 0.620. The molecule has 0 amide bonds. The van der Waals surface area contributed by atoms with Crippen molar-refractivity contribution >= 4 is 11.8 Å². The van der Waals surface area contributed by atoms with Gasteiger partial charge < -0.3 is 9.84 Å². The van der Waals surface area contributed by atoms with E-state index in [2.05, 4.69) is 0 Å². The van der Waals surface area contributed by atoms with E-state index in [1.54, 1.807) is 37.3 Å². The lowest BCUT2D eigenvalue weighted by molar-refractivity contribution is -0.150. The van der Waals surface area contributed by atoms with Crippen LogP contribution in [0.2, 0.25) is 0 Å². The van der Waals surface area contributed by atoms with Gasteiger partial charge in [0.25, 0.3) is 0 Å². The van der Waals surface area contributed by atoms with Crippen molar-refractivity contribution < 1.29 is 19.4 Å². The molecule has 0 saturated carbocycles. The van der Waals surface area contributed by atoms with Crippen LogP contribution in [0.4, 0.5) is 0 Å². The van der Waals surface area contributed by atoms with Gasteiger partial charge in [-0.2, -0.15) is 0 Å². The summed E-state index contributed by atoms with van der Waals surface area (Å²) >= 11 is 0. The predicted octanol–water partition coefficient (Wildman–Crippen LogP) is 1.43. The van der Waals surface area contributed by atoms with Gasteiger partial charge in [-0.25, -0.2) is 0 Å². The van der Waals surface area contributed by atoms with Gasteiger partial charge in [-0.05, 0) is 13.8 Å². The fourth-order valence-electron chi connectivity index (χ4n) is 1.17. The van der Waals surface area contributed by atoms with E-state index in [0.29, 0.717) is 5.56 Å². The predicted molar refractivity (Wildman–Crippen MR) is 62.6 cm³/mol. The molecule has 1 aromatic carbocycles. The summed E-state index contributed by atoms with van der Waals surface area (Å²) in [4.78, 5) is 23.0. The summed E-state index contributed by atoms with van der Waals surface area (Å²) < 4.78 is 4.83. The number of esters is 1. The number of aliphatic hydroxyl groups is 1. The van der Waals surface area contributed by atoms with Gasteiger partial charge in [-0.3, -0.25) is 9.59 Å². The van der Waals surface area contributed by atoms with Crippen LogP contribution in [0.25, 0.3) is 0 Å². The van der Waals surface area contributed by atoms with Crippen LogP contribution in [0.15, 0.2) is 30.3 Å². The van der Waals surface area contributed by atoms with Crippen LogP contribution >= 0.6 is 0 Å². The summed E-state index contributed by atoms with van der Waals surface area (Å²) in [6.07, 6.45) is -0.783. The van der Waals surface area contributed by atoms with Crippen molar-refractivity contribution in [3.8, 4) is 0 Å². The van der Waals surface area contributed by atoms with Crippen LogP contribution in [0, 0.1) is 5.92 Å². The second kappa shape index (κ2) is 6.15. The number of hydrogen-bond acceptors (Lipinski definition) is 4. The molecule has 92 valence electrons. The lowest BCUT2D eigenvalue weighted by Crippen LogP contribution is -2.26. The van der Waals surface area contributed by atoms with E-state index in [1.165, 1.54) is 6.92 Å². The Hall–Kier alpha value is -1.68. The van der Waals surface area contributed by atoms with Crippen molar-refractivity contribution in [2.24, 2.45) is 5.92 Å². The first-order chi connectivity index (χ1) is 8.02. The minimum atomic E-state index is -0.783. The molecule has 0 spiro atoms. The second-order valence-corrected chi connectivity index (χ2v) is 3.93. The molecular weight excluding hydrogens is 220 g/mol. The molecule has 1 rings (SSSR count). The molecule has 0 saturated heterocycles. The Bertz CT molecular complexity index is 384. The van der Waals surface area contributed by atoms with Crippen LogP contribution in [-0.2, 0) is 9.53 Å². The second-order valence-electron chi connectivity index (χ2n) is 3.93. The number of ether oxygens (including phenoxy) is 1. The van der Waals surface area contributed by atoms with Crippen molar-refractivity contribution in [2.45, 2.75) is 20.0 Å². The third-order valence-electron chi connectivity index (χ3n) is 2.54. The maximum atomic E-state index is 11.6. The van der Waals surface area contributed by atoms with E-state index < -0.39 is 18.0 Å². The van der Waals surface area contributed by atoms with Gasteiger partial charge in [-0.15, -0.1) is 0 Å². The molecule has 0 aromatic heterocycles. The number of benzene rings is 1. The molecule has 4 heteroatoms. The van der Waals surface area contributed by atoms with Crippen LogP contribution in [0.1, 0.15) is 24.2 Å². The van der Waals surface area contributed by atoms with Crippen LogP contribution < -0.4 is 0 Å². The van der Waals surface area contributed by atoms with E-state index in [9.17, 15) is 14.7 Å². The van der Waals surface area contributed by atoms with Gasteiger partial charge in [-0.1, -0.05) is 30.3 Å². The minimum Gasteiger partial charge on any atom is -0.457 e. The Kier molecular flexibility index (Phi) is 4.84. The van der Waals surface area contributed by atoms with Crippen molar-refractivity contribution in [1.29, 1.82) is 0 Å². The van der Waals surface area contributed by atoms with E-state index in [4.69, 9.17) is 4.74 Å². The summed E-state index contributed by atoms with van der Waals surface area (Å²) in [5.41, 5.74) is 0.505. The first-order valence-electron chi connectivity index (χ1n) is 5.45. The topological polar surface area (TPSA) is 63.6 Å². The summed E-state index contributed by atoms with van der Waals surface area (Å²) in [7, 11) is 0. The van der Waals surface area contributed by atoms with Crippen LogP contribution in [0.3, 0.4) is 0 Å². The fourth-order valence-corrected chi connectivity index (χ4v) is 1.17. The molecule has 2 atom stereocenters. The number of carbonyl (C=O) groups excluding carboxylic acids is 2. The molecule has 0 heterocycles. The monoisotopic (exact) mass is 236 g/mol. The standard InChI is InChI=1S/C13H16O4/c1-9(10(2)14)13(16)17-8-12(15)11-6-4-3-5-7-11/h3-7,9-10,14H,8H2,1-2H3/t9-,10-/m0/s1. The van der Waals surface area contributed by atoms with Crippen molar-refractivity contribution in [1.82, 2.24) is 0 Å².